The largest absolute Gasteiger partial charge is 0.497 e. The van der Waals surface area contributed by atoms with Gasteiger partial charge in [0.2, 0.25) is 0 Å². The number of fused-ring (bicyclic) bond motifs is 4. The summed E-state index contributed by atoms with van der Waals surface area (Å²) in [4.78, 5) is 48.5. The molecule has 2 N–H and O–H groups in total. The lowest BCUT2D eigenvalue weighted by Crippen LogP contribution is -2.44. The minimum atomic E-state index is -0.734. The van der Waals surface area contributed by atoms with Gasteiger partial charge in [-0.15, -0.1) is 0 Å². The summed E-state index contributed by atoms with van der Waals surface area (Å²) < 4.78 is 5.38. The Labute approximate surface area is 248 Å². The zero-order valence-electron chi connectivity index (χ0n) is 24.0. The van der Waals surface area contributed by atoms with E-state index in [1.54, 1.807) is 36.3 Å². The minimum Gasteiger partial charge on any atom is -0.497 e. The number of para-hydroxylation sites is 2. The Kier molecular flexibility index (Phi) is 6.27. The molecule has 0 saturated carbocycles. The molecule has 1 saturated heterocycles. The number of rotatable bonds is 5. The Morgan fingerprint density at radius 1 is 0.907 bits per heavy atom. The third-order valence-corrected chi connectivity index (χ3v) is 8.64. The van der Waals surface area contributed by atoms with Crippen LogP contribution in [0.3, 0.4) is 0 Å². The second kappa shape index (κ2) is 10.2. The Balaban J connectivity index is 1.30. The number of benzene rings is 4. The molecular formula is C35H30N4O4. The number of carbonyl (C=O) groups excluding carboxylic acids is 3. The fraction of sp³-hybridized carbons (Fsp3) is 0.171. The van der Waals surface area contributed by atoms with Crippen molar-refractivity contribution in [1.82, 2.24) is 9.88 Å². The zero-order chi connectivity index (χ0) is 29.8. The average molecular weight is 571 g/mol. The van der Waals surface area contributed by atoms with Gasteiger partial charge in [0.1, 0.15) is 17.8 Å². The van der Waals surface area contributed by atoms with E-state index in [9.17, 15) is 14.4 Å². The van der Waals surface area contributed by atoms with E-state index < -0.39 is 24.0 Å². The first kappa shape index (κ1) is 26.5. The molecule has 2 aliphatic rings. The molecule has 2 aliphatic heterocycles. The van der Waals surface area contributed by atoms with E-state index in [-0.39, 0.29) is 17.2 Å². The Morgan fingerprint density at radius 2 is 1.65 bits per heavy atom. The molecule has 1 aromatic heterocycles. The first-order chi connectivity index (χ1) is 20.9. The Bertz CT molecular complexity index is 1930. The third kappa shape index (κ3) is 4.25. The van der Waals surface area contributed by atoms with Crippen LogP contribution in [0, 0.1) is 13.8 Å². The molecule has 8 heteroatoms. The monoisotopic (exact) mass is 570 g/mol. The van der Waals surface area contributed by atoms with Crippen molar-refractivity contribution in [3.05, 3.63) is 125 Å². The molecule has 0 spiro atoms. The molecule has 2 atom stereocenters. The van der Waals surface area contributed by atoms with Gasteiger partial charge in [0.05, 0.1) is 18.4 Å². The van der Waals surface area contributed by atoms with Crippen LogP contribution in [-0.4, -0.2) is 40.9 Å². The van der Waals surface area contributed by atoms with Crippen molar-refractivity contribution in [2.24, 2.45) is 0 Å². The van der Waals surface area contributed by atoms with E-state index in [1.165, 1.54) is 4.90 Å². The van der Waals surface area contributed by atoms with Gasteiger partial charge >= 0.3 is 6.03 Å². The number of aromatic nitrogens is 1. The number of carbonyl (C=O) groups is 3. The van der Waals surface area contributed by atoms with Crippen LogP contribution in [0.15, 0.2) is 91.0 Å². The first-order valence-electron chi connectivity index (χ1n) is 14.2. The first-order valence-corrected chi connectivity index (χ1v) is 14.2. The van der Waals surface area contributed by atoms with Crippen LogP contribution in [0.1, 0.15) is 44.3 Å². The summed E-state index contributed by atoms with van der Waals surface area (Å²) in [5.74, 6) is -0.0553. The van der Waals surface area contributed by atoms with Crippen LogP contribution in [0.25, 0.3) is 10.9 Å². The van der Waals surface area contributed by atoms with Crippen LogP contribution < -0.4 is 15.0 Å². The van der Waals surface area contributed by atoms with E-state index in [1.807, 2.05) is 80.6 Å². The maximum Gasteiger partial charge on any atom is 0.332 e. The summed E-state index contributed by atoms with van der Waals surface area (Å²) in [6, 6.07) is 26.2. The summed E-state index contributed by atoms with van der Waals surface area (Å²) in [6.45, 7) is 3.99. The Morgan fingerprint density at radius 3 is 2.42 bits per heavy atom. The number of nitrogens with zero attached hydrogens (tertiary/aromatic N) is 2. The summed E-state index contributed by atoms with van der Waals surface area (Å²) >= 11 is 0. The number of aromatic amines is 1. The number of anilines is 2. The number of urea groups is 1. The van der Waals surface area contributed by atoms with Crippen molar-refractivity contribution in [1.29, 1.82) is 0 Å². The van der Waals surface area contributed by atoms with Gasteiger partial charge in [-0.3, -0.25) is 14.5 Å². The normalized spacial score (nSPS) is 17.7. The summed E-state index contributed by atoms with van der Waals surface area (Å²) in [5, 5.41) is 3.97. The molecule has 0 aliphatic carbocycles. The van der Waals surface area contributed by atoms with Gasteiger partial charge in [-0.2, -0.15) is 0 Å². The predicted octanol–water partition coefficient (Wildman–Crippen LogP) is 6.53. The lowest BCUT2D eigenvalue weighted by atomic mass is 9.89. The fourth-order valence-electron chi connectivity index (χ4n) is 6.31. The SMILES string of the molecule is COc1ccc([C@@H]2c3[nH]c4ccccc4c3C[C@H]3C(=O)N(c4ccccc4C(=O)Nc4ccc(C)c(C)c4)C(=O)N23)cc1. The molecule has 4 aromatic carbocycles. The highest BCUT2D eigenvalue weighted by Crippen LogP contribution is 2.45. The lowest BCUT2D eigenvalue weighted by molar-refractivity contribution is -0.120. The van der Waals surface area contributed by atoms with Crippen LogP contribution in [0.5, 0.6) is 5.75 Å². The van der Waals surface area contributed by atoms with Crippen molar-refractivity contribution < 1.29 is 19.1 Å². The quantitative estimate of drug-likeness (QED) is 0.235. The van der Waals surface area contributed by atoms with Crippen molar-refractivity contribution in [2.75, 3.05) is 17.3 Å². The number of methoxy groups -OCH3 is 1. The maximum absolute atomic E-state index is 14.4. The number of ether oxygens (including phenoxy) is 1. The van der Waals surface area contributed by atoms with Crippen molar-refractivity contribution >= 4 is 40.1 Å². The summed E-state index contributed by atoms with van der Waals surface area (Å²) in [6.07, 6.45) is 0.365. The zero-order valence-corrected chi connectivity index (χ0v) is 24.0. The van der Waals surface area contributed by atoms with Crippen molar-refractivity contribution in [2.45, 2.75) is 32.4 Å². The van der Waals surface area contributed by atoms with E-state index in [0.717, 1.165) is 38.9 Å². The second-order valence-electron chi connectivity index (χ2n) is 11.1. The molecule has 4 amide bonds. The molecule has 7 rings (SSSR count). The number of amides is 4. The van der Waals surface area contributed by atoms with Gasteiger partial charge in [0, 0.05) is 28.7 Å². The average Bonchev–Trinajstić information content (AvgIpc) is 3.52. The van der Waals surface area contributed by atoms with Gasteiger partial charge in [0.15, 0.2) is 0 Å². The highest BCUT2D eigenvalue weighted by Gasteiger charge is 2.53. The van der Waals surface area contributed by atoms with Crippen molar-refractivity contribution in [3.63, 3.8) is 0 Å². The molecule has 5 aromatic rings. The van der Waals surface area contributed by atoms with E-state index in [0.29, 0.717) is 17.9 Å². The van der Waals surface area contributed by atoms with Crippen LogP contribution in [0.2, 0.25) is 0 Å². The number of aryl methyl sites for hydroxylation is 2. The highest BCUT2D eigenvalue weighted by molar-refractivity contribution is 6.24. The predicted molar refractivity (Wildman–Crippen MR) is 166 cm³/mol. The standard InChI is InChI=1S/C35H30N4O4/c1-20-12-15-23(18-21(20)2)36-33(40)26-9-5-7-11-29(26)39-34(41)30-19-27-25-8-4-6-10-28(25)37-31(27)32(38(30)35(39)42)22-13-16-24(43-3)17-14-22/h4-18,30,32,37H,19H2,1-3H3,(H,36,40)/t30-,32+/m0/s1. The maximum atomic E-state index is 14.4. The van der Waals surface area contributed by atoms with Gasteiger partial charge in [-0.05, 0) is 78.6 Å². The Hall–Kier alpha value is -5.37. The number of nitrogens with one attached hydrogen (secondary N) is 2. The molecule has 1 fully saturated rings. The molecule has 214 valence electrons. The molecule has 8 nitrogen and oxygen atoms in total. The lowest BCUT2D eigenvalue weighted by Gasteiger charge is -2.36. The van der Waals surface area contributed by atoms with Crippen LogP contribution >= 0.6 is 0 Å². The molecule has 43 heavy (non-hydrogen) atoms. The smallest absolute Gasteiger partial charge is 0.332 e. The van der Waals surface area contributed by atoms with E-state index in [2.05, 4.69) is 10.3 Å². The summed E-state index contributed by atoms with van der Waals surface area (Å²) in [5.41, 5.74) is 7.01. The van der Waals surface area contributed by atoms with Gasteiger partial charge < -0.3 is 15.0 Å². The molecule has 0 unspecified atom stereocenters. The number of H-pyrrole nitrogens is 1. The van der Waals surface area contributed by atoms with Crippen LogP contribution in [0.4, 0.5) is 16.2 Å². The number of imide groups is 1. The van der Waals surface area contributed by atoms with Gasteiger partial charge in [0.25, 0.3) is 11.8 Å². The highest BCUT2D eigenvalue weighted by atomic mass is 16.5. The van der Waals surface area contributed by atoms with Gasteiger partial charge in [-0.1, -0.05) is 48.5 Å². The van der Waals surface area contributed by atoms with E-state index in [4.69, 9.17) is 4.74 Å². The van der Waals surface area contributed by atoms with Crippen LogP contribution in [-0.2, 0) is 11.2 Å². The topological polar surface area (TPSA) is 94.7 Å². The third-order valence-electron chi connectivity index (χ3n) is 8.64. The molecule has 0 bridgehead atoms. The molecule has 0 radical (unpaired) electrons. The number of hydrogen-bond acceptors (Lipinski definition) is 4. The van der Waals surface area contributed by atoms with E-state index >= 15 is 0 Å². The summed E-state index contributed by atoms with van der Waals surface area (Å²) in [7, 11) is 1.61. The molecular weight excluding hydrogens is 540 g/mol. The number of hydrogen-bond donors (Lipinski definition) is 2. The van der Waals surface area contributed by atoms with Crippen molar-refractivity contribution in [3.8, 4) is 5.75 Å². The minimum absolute atomic E-state index is 0.243. The molecule has 3 heterocycles. The van der Waals surface area contributed by atoms with Gasteiger partial charge in [-0.25, -0.2) is 9.69 Å². The fourth-order valence-corrected chi connectivity index (χ4v) is 6.31. The second-order valence-corrected chi connectivity index (χ2v) is 11.1.